The molecule has 0 fully saturated rings. The predicted molar refractivity (Wildman–Crippen MR) is 77.5 cm³/mol. The summed E-state index contributed by atoms with van der Waals surface area (Å²) < 4.78 is 9.90. The van der Waals surface area contributed by atoms with Crippen molar-refractivity contribution in [3.05, 3.63) is 0 Å². The summed E-state index contributed by atoms with van der Waals surface area (Å²) in [4.78, 5) is 22.3. The number of ether oxygens (including phenoxy) is 2. The van der Waals surface area contributed by atoms with Gasteiger partial charge in [0.25, 0.3) is 0 Å². The number of esters is 2. The standard InChI is InChI=1S/C14H28N2O4/c1-3-11-19-13(17)5-7-15-9-10-16-8-6-14(18)20-12-4-2/h15-16H,3-12H2,1-2H3. The maximum Gasteiger partial charge on any atom is 0.307 e. The fourth-order valence-corrected chi connectivity index (χ4v) is 1.38. The molecule has 0 bridgehead atoms. The molecule has 6 heteroatoms. The molecule has 0 unspecified atom stereocenters. The van der Waals surface area contributed by atoms with Crippen molar-refractivity contribution in [1.29, 1.82) is 0 Å². The lowest BCUT2D eigenvalue weighted by atomic mass is 10.4. The molecule has 118 valence electrons. The van der Waals surface area contributed by atoms with Gasteiger partial charge in [0.05, 0.1) is 26.1 Å². The van der Waals surface area contributed by atoms with Gasteiger partial charge in [-0.3, -0.25) is 9.59 Å². The smallest absolute Gasteiger partial charge is 0.307 e. The summed E-state index contributed by atoms with van der Waals surface area (Å²) in [6.45, 7) is 7.66. The van der Waals surface area contributed by atoms with Crippen molar-refractivity contribution >= 4 is 11.9 Å². The van der Waals surface area contributed by atoms with Crippen LogP contribution in [0, 0.1) is 0 Å². The highest BCUT2D eigenvalue weighted by atomic mass is 16.5. The molecule has 0 spiro atoms. The van der Waals surface area contributed by atoms with Crippen LogP contribution in [0.5, 0.6) is 0 Å². The molecule has 20 heavy (non-hydrogen) atoms. The van der Waals surface area contributed by atoms with Gasteiger partial charge >= 0.3 is 11.9 Å². The zero-order chi connectivity index (χ0) is 15.1. The molecule has 0 rings (SSSR count). The van der Waals surface area contributed by atoms with E-state index in [-0.39, 0.29) is 11.9 Å². The highest BCUT2D eigenvalue weighted by molar-refractivity contribution is 5.69. The molecule has 0 aromatic heterocycles. The molecule has 0 atom stereocenters. The third-order valence-corrected chi connectivity index (χ3v) is 2.42. The molecule has 6 nitrogen and oxygen atoms in total. The lowest BCUT2D eigenvalue weighted by Crippen LogP contribution is -2.30. The summed E-state index contributed by atoms with van der Waals surface area (Å²) in [5.74, 6) is -0.322. The van der Waals surface area contributed by atoms with E-state index in [1.54, 1.807) is 0 Å². The van der Waals surface area contributed by atoms with Crippen LogP contribution in [0.15, 0.2) is 0 Å². The lowest BCUT2D eigenvalue weighted by molar-refractivity contribution is -0.144. The van der Waals surface area contributed by atoms with Gasteiger partial charge in [-0.1, -0.05) is 13.8 Å². The van der Waals surface area contributed by atoms with Gasteiger partial charge in [0.2, 0.25) is 0 Å². The Bertz CT molecular complexity index is 234. The Kier molecular flexibility index (Phi) is 13.5. The summed E-state index contributed by atoms with van der Waals surface area (Å²) in [5.41, 5.74) is 0. The van der Waals surface area contributed by atoms with Gasteiger partial charge in [-0.25, -0.2) is 0 Å². The van der Waals surface area contributed by atoms with Gasteiger partial charge < -0.3 is 20.1 Å². The van der Waals surface area contributed by atoms with Crippen molar-refractivity contribution in [2.45, 2.75) is 39.5 Å². The van der Waals surface area contributed by atoms with Crippen LogP contribution in [0.3, 0.4) is 0 Å². The van der Waals surface area contributed by atoms with Crippen LogP contribution < -0.4 is 10.6 Å². The summed E-state index contributed by atoms with van der Waals surface area (Å²) in [5, 5.41) is 6.27. The molecule has 0 heterocycles. The topological polar surface area (TPSA) is 76.7 Å². The molecular weight excluding hydrogens is 260 g/mol. The maximum absolute atomic E-state index is 11.2. The average molecular weight is 288 g/mol. The van der Waals surface area contributed by atoms with Gasteiger partial charge in [0.1, 0.15) is 0 Å². The molecule has 0 aliphatic rings. The number of carbonyl (C=O) groups excluding carboxylic acids is 2. The molecule has 0 aliphatic heterocycles. The van der Waals surface area contributed by atoms with E-state index >= 15 is 0 Å². The van der Waals surface area contributed by atoms with Crippen LogP contribution >= 0.6 is 0 Å². The van der Waals surface area contributed by atoms with Crippen LogP contribution in [0.2, 0.25) is 0 Å². The van der Waals surface area contributed by atoms with Crippen LogP contribution in [0.4, 0.5) is 0 Å². The Morgan fingerprint density at radius 1 is 0.750 bits per heavy atom. The second-order valence-electron chi connectivity index (χ2n) is 4.44. The van der Waals surface area contributed by atoms with Crippen LogP contribution in [0.25, 0.3) is 0 Å². The average Bonchev–Trinajstić information content (AvgIpc) is 2.45. The van der Waals surface area contributed by atoms with E-state index in [0.717, 1.165) is 25.9 Å². The van der Waals surface area contributed by atoms with E-state index in [9.17, 15) is 9.59 Å². The second kappa shape index (κ2) is 14.3. The van der Waals surface area contributed by atoms with Gasteiger partial charge in [-0.05, 0) is 12.8 Å². The first kappa shape index (κ1) is 18.9. The van der Waals surface area contributed by atoms with E-state index in [0.29, 0.717) is 39.1 Å². The van der Waals surface area contributed by atoms with E-state index in [1.807, 2.05) is 13.8 Å². The first-order valence-corrected chi connectivity index (χ1v) is 7.43. The van der Waals surface area contributed by atoms with Gasteiger partial charge in [0, 0.05) is 26.2 Å². The van der Waals surface area contributed by atoms with E-state index in [2.05, 4.69) is 10.6 Å². The third-order valence-electron chi connectivity index (χ3n) is 2.42. The van der Waals surface area contributed by atoms with Crippen molar-refractivity contribution in [1.82, 2.24) is 10.6 Å². The van der Waals surface area contributed by atoms with Crippen molar-refractivity contribution in [2.75, 3.05) is 39.4 Å². The monoisotopic (exact) mass is 288 g/mol. The van der Waals surface area contributed by atoms with Crippen molar-refractivity contribution < 1.29 is 19.1 Å². The predicted octanol–water partition coefficient (Wildman–Crippen LogP) is 0.852. The highest BCUT2D eigenvalue weighted by Crippen LogP contribution is 1.88. The third kappa shape index (κ3) is 13.3. The Hall–Kier alpha value is -1.14. The molecular formula is C14H28N2O4. The molecule has 0 aromatic rings. The number of nitrogens with one attached hydrogen (secondary N) is 2. The number of carbonyl (C=O) groups is 2. The molecule has 0 saturated heterocycles. The Labute approximate surface area is 121 Å². The largest absolute Gasteiger partial charge is 0.466 e. The molecule has 0 aromatic carbocycles. The van der Waals surface area contributed by atoms with Crippen molar-refractivity contribution in [2.24, 2.45) is 0 Å². The first-order chi connectivity index (χ1) is 9.70. The fourth-order valence-electron chi connectivity index (χ4n) is 1.38. The summed E-state index contributed by atoms with van der Waals surface area (Å²) >= 11 is 0. The van der Waals surface area contributed by atoms with Gasteiger partial charge in [0.15, 0.2) is 0 Å². The van der Waals surface area contributed by atoms with Crippen LogP contribution in [0.1, 0.15) is 39.5 Å². The minimum absolute atomic E-state index is 0.161. The maximum atomic E-state index is 11.2. The molecule has 0 amide bonds. The highest BCUT2D eigenvalue weighted by Gasteiger charge is 2.02. The minimum atomic E-state index is -0.161. The Balaban J connectivity index is 3.20. The zero-order valence-corrected chi connectivity index (χ0v) is 12.7. The molecule has 2 N–H and O–H groups in total. The van der Waals surface area contributed by atoms with Gasteiger partial charge in [-0.15, -0.1) is 0 Å². The SMILES string of the molecule is CCCOC(=O)CCNCCNCCC(=O)OCCC. The Morgan fingerprint density at radius 2 is 1.15 bits per heavy atom. The molecule has 0 aliphatic carbocycles. The summed E-state index contributed by atoms with van der Waals surface area (Å²) in [7, 11) is 0. The number of rotatable bonds is 13. The number of hydrogen-bond acceptors (Lipinski definition) is 6. The fraction of sp³-hybridized carbons (Fsp3) is 0.857. The van der Waals surface area contributed by atoms with Crippen molar-refractivity contribution in [3.8, 4) is 0 Å². The molecule has 0 radical (unpaired) electrons. The van der Waals surface area contributed by atoms with Crippen molar-refractivity contribution in [3.63, 3.8) is 0 Å². The van der Waals surface area contributed by atoms with Gasteiger partial charge in [-0.2, -0.15) is 0 Å². The van der Waals surface area contributed by atoms with Crippen LogP contribution in [-0.2, 0) is 19.1 Å². The normalized spacial score (nSPS) is 10.3. The summed E-state index contributed by atoms with van der Waals surface area (Å²) in [6, 6.07) is 0. The first-order valence-electron chi connectivity index (χ1n) is 7.43. The second-order valence-corrected chi connectivity index (χ2v) is 4.44. The Morgan fingerprint density at radius 3 is 1.50 bits per heavy atom. The van der Waals surface area contributed by atoms with E-state index in [1.165, 1.54) is 0 Å². The minimum Gasteiger partial charge on any atom is -0.466 e. The molecule has 0 saturated carbocycles. The lowest BCUT2D eigenvalue weighted by Gasteiger charge is -2.07. The zero-order valence-electron chi connectivity index (χ0n) is 12.7. The summed E-state index contributed by atoms with van der Waals surface area (Å²) in [6.07, 6.45) is 2.49. The van der Waals surface area contributed by atoms with E-state index in [4.69, 9.17) is 9.47 Å². The quantitative estimate of drug-likeness (QED) is 0.386. The van der Waals surface area contributed by atoms with E-state index < -0.39 is 0 Å². The van der Waals surface area contributed by atoms with Crippen LogP contribution in [-0.4, -0.2) is 51.3 Å². The number of hydrogen-bond donors (Lipinski definition) is 2.